The Kier molecular flexibility index (Phi) is 6.32. The van der Waals surface area contributed by atoms with E-state index in [-0.39, 0.29) is 11.8 Å². The molecule has 2 amide bonds. The van der Waals surface area contributed by atoms with Crippen LogP contribution in [0, 0.1) is 0 Å². The van der Waals surface area contributed by atoms with Gasteiger partial charge in [-0.25, -0.2) is 0 Å². The van der Waals surface area contributed by atoms with E-state index in [1.54, 1.807) is 41.2 Å². The van der Waals surface area contributed by atoms with Crippen LogP contribution in [0.5, 0.6) is 11.5 Å². The zero-order chi connectivity index (χ0) is 19.9. The predicted molar refractivity (Wildman–Crippen MR) is 107 cm³/mol. The van der Waals surface area contributed by atoms with Crippen LogP contribution < -0.4 is 9.47 Å². The van der Waals surface area contributed by atoms with Crippen LogP contribution in [-0.4, -0.2) is 61.5 Å². The molecule has 28 heavy (non-hydrogen) atoms. The van der Waals surface area contributed by atoms with Crippen LogP contribution in [0.1, 0.15) is 20.7 Å². The third-order valence-electron chi connectivity index (χ3n) is 4.64. The number of amides is 2. The van der Waals surface area contributed by atoms with Crippen LogP contribution >= 0.6 is 0 Å². The van der Waals surface area contributed by atoms with Crippen LogP contribution in [0.4, 0.5) is 0 Å². The second kappa shape index (κ2) is 9.08. The highest BCUT2D eigenvalue weighted by atomic mass is 16.5. The number of carbonyl (C=O) groups excluding carboxylic acids is 2. The molecule has 0 radical (unpaired) electrons. The summed E-state index contributed by atoms with van der Waals surface area (Å²) in [7, 11) is 1.54. The number of ether oxygens (including phenoxy) is 2. The van der Waals surface area contributed by atoms with Gasteiger partial charge in [-0.3, -0.25) is 9.59 Å². The van der Waals surface area contributed by atoms with Crippen molar-refractivity contribution in [2.24, 2.45) is 0 Å². The smallest absolute Gasteiger partial charge is 0.254 e. The van der Waals surface area contributed by atoms with Gasteiger partial charge in [-0.05, 0) is 30.3 Å². The fraction of sp³-hybridized carbons (Fsp3) is 0.273. The van der Waals surface area contributed by atoms with E-state index in [9.17, 15) is 9.59 Å². The Hall–Kier alpha value is -3.28. The van der Waals surface area contributed by atoms with Gasteiger partial charge in [0.05, 0.1) is 7.11 Å². The predicted octanol–water partition coefficient (Wildman–Crippen LogP) is 2.86. The molecule has 1 heterocycles. The van der Waals surface area contributed by atoms with E-state index in [0.29, 0.717) is 55.4 Å². The summed E-state index contributed by atoms with van der Waals surface area (Å²) in [5.41, 5.74) is 1.20. The summed E-state index contributed by atoms with van der Waals surface area (Å²) in [6.07, 6.45) is 1.65. The van der Waals surface area contributed by atoms with Gasteiger partial charge in [0, 0.05) is 37.3 Å². The van der Waals surface area contributed by atoms with E-state index in [1.165, 1.54) is 0 Å². The largest absolute Gasteiger partial charge is 0.493 e. The van der Waals surface area contributed by atoms with E-state index in [2.05, 4.69) is 6.58 Å². The van der Waals surface area contributed by atoms with Gasteiger partial charge in [-0.15, -0.1) is 0 Å². The lowest BCUT2D eigenvalue weighted by Crippen LogP contribution is -2.50. The average Bonchev–Trinajstić information content (AvgIpc) is 2.77. The Morgan fingerprint density at radius 2 is 1.54 bits per heavy atom. The lowest BCUT2D eigenvalue weighted by Gasteiger charge is -2.35. The maximum atomic E-state index is 12.8. The Bertz CT molecular complexity index is 843. The molecule has 2 aromatic carbocycles. The topological polar surface area (TPSA) is 59.1 Å². The van der Waals surface area contributed by atoms with Crippen molar-refractivity contribution in [2.45, 2.75) is 0 Å². The zero-order valence-electron chi connectivity index (χ0n) is 16.0. The summed E-state index contributed by atoms with van der Waals surface area (Å²) >= 11 is 0. The van der Waals surface area contributed by atoms with Gasteiger partial charge in [-0.1, -0.05) is 30.9 Å². The number of rotatable bonds is 6. The first kappa shape index (κ1) is 19.5. The van der Waals surface area contributed by atoms with Crippen molar-refractivity contribution >= 4 is 11.8 Å². The number of benzene rings is 2. The number of piperazine rings is 1. The van der Waals surface area contributed by atoms with Gasteiger partial charge in [0.1, 0.15) is 6.61 Å². The Morgan fingerprint density at radius 3 is 2.11 bits per heavy atom. The molecular formula is C22H24N2O4. The van der Waals surface area contributed by atoms with E-state index >= 15 is 0 Å². The Morgan fingerprint density at radius 1 is 0.929 bits per heavy atom. The summed E-state index contributed by atoms with van der Waals surface area (Å²) in [4.78, 5) is 28.9. The van der Waals surface area contributed by atoms with Crippen LogP contribution in [-0.2, 0) is 0 Å². The molecule has 0 spiro atoms. The highest BCUT2D eigenvalue weighted by Gasteiger charge is 2.26. The molecule has 0 saturated carbocycles. The molecular weight excluding hydrogens is 356 g/mol. The standard InChI is InChI=1S/C22H24N2O4/c1-3-15-28-19-10-9-18(16-20(19)27-2)22(26)24-13-11-23(12-14-24)21(25)17-7-5-4-6-8-17/h3-10,16H,1,11-15H2,2H3. The second-order valence-corrected chi connectivity index (χ2v) is 6.42. The molecule has 0 unspecified atom stereocenters. The Balaban J connectivity index is 1.63. The molecule has 1 saturated heterocycles. The fourth-order valence-electron chi connectivity index (χ4n) is 3.13. The minimum Gasteiger partial charge on any atom is -0.493 e. The molecule has 6 nitrogen and oxygen atoms in total. The van der Waals surface area contributed by atoms with Crippen LogP contribution in [0.25, 0.3) is 0 Å². The van der Waals surface area contributed by atoms with Crippen LogP contribution in [0.3, 0.4) is 0 Å². The van der Waals surface area contributed by atoms with Crippen LogP contribution in [0.2, 0.25) is 0 Å². The summed E-state index contributed by atoms with van der Waals surface area (Å²) in [5, 5.41) is 0. The third-order valence-corrected chi connectivity index (χ3v) is 4.64. The molecule has 2 aromatic rings. The summed E-state index contributed by atoms with van der Waals surface area (Å²) in [5.74, 6) is 0.987. The van der Waals surface area contributed by atoms with Gasteiger partial charge >= 0.3 is 0 Å². The van der Waals surface area contributed by atoms with E-state index in [4.69, 9.17) is 9.47 Å². The van der Waals surface area contributed by atoms with E-state index < -0.39 is 0 Å². The van der Waals surface area contributed by atoms with Gasteiger partial charge in [0.15, 0.2) is 11.5 Å². The van der Waals surface area contributed by atoms with Crippen molar-refractivity contribution in [3.63, 3.8) is 0 Å². The van der Waals surface area contributed by atoms with E-state index in [0.717, 1.165) is 0 Å². The van der Waals surface area contributed by atoms with Crippen molar-refractivity contribution in [3.05, 3.63) is 72.3 Å². The molecule has 1 fully saturated rings. The lowest BCUT2D eigenvalue weighted by molar-refractivity contribution is 0.0535. The molecule has 0 N–H and O–H groups in total. The molecule has 1 aliphatic rings. The molecule has 0 atom stereocenters. The molecule has 6 heteroatoms. The van der Waals surface area contributed by atoms with Gasteiger partial charge in [0.2, 0.25) is 0 Å². The molecule has 0 aliphatic carbocycles. The summed E-state index contributed by atoms with van der Waals surface area (Å²) in [6, 6.07) is 14.3. The monoisotopic (exact) mass is 380 g/mol. The van der Waals surface area contributed by atoms with Gasteiger partial charge in [-0.2, -0.15) is 0 Å². The first-order chi connectivity index (χ1) is 13.6. The minimum absolute atomic E-state index is 0.00177. The lowest BCUT2D eigenvalue weighted by atomic mass is 10.1. The van der Waals surface area contributed by atoms with E-state index in [1.807, 2.05) is 30.3 Å². The first-order valence-corrected chi connectivity index (χ1v) is 9.19. The summed E-state index contributed by atoms with van der Waals surface area (Å²) < 4.78 is 10.9. The molecule has 0 bridgehead atoms. The first-order valence-electron chi connectivity index (χ1n) is 9.19. The van der Waals surface area contributed by atoms with Crippen molar-refractivity contribution < 1.29 is 19.1 Å². The highest BCUT2D eigenvalue weighted by molar-refractivity contribution is 5.96. The number of hydrogen-bond donors (Lipinski definition) is 0. The Labute approximate surface area is 165 Å². The molecule has 0 aromatic heterocycles. The average molecular weight is 380 g/mol. The van der Waals surface area contributed by atoms with Crippen LogP contribution in [0.15, 0.2) is 61.2 Å². The second-order valence-electron chi connectivity index (χ2n) is 6.42. The fourth-order valence-corrected chi connectivity index (χ4v) is 3.13. The number of hydrogen-bond acceptors (Lipinski definition) is 4. The van der Waals surface area contributed by atoms with Crippen molar-refractivity contribution in [1.82, 2.24) is 9.80 Å². The van der Waals surface area contributed by atoms with Crippen molar-refractivity contribution in [3.8, 4) is 11.5 Å². The number of methoxy groups -OCH3 is 1. The highest BCUT2D eigenvalue weighted by Crippen LogP contribution is 2.28. The van der Waals surface area contributed by atoms with Crippen molar-refractivity contribution in [1.29, 1.82) is 0 Å². The zero-order valence-corrected chi connectivity index (χ0v) is 16.0. The molecule has 1 aliphatic heterocycles. The number of nitrogens with zero attached hydrogens (tertiary/aromatic N) is 2. The maximum absolute atomic E-state index is 12.8. The quantitative estimate of drug-likeness (QED) is 0.723. The number of carbonyl (C=O) groups is 2. The third kappa shape index (κ3) is 4.34. The normalized spacial score (nSPS) is 13.8. The van der Waals surface area contributed by atoms with Crippen molar-refractivity contribution in [2.75, 3.05) is 39.9 Å². The van der Waals surface area contributed by atoms with Gasteiger partial charge < -0.3 is 19.3 Å². The minimum atomic E-state index is -0.0830. The molecule has 146 valence electrons. The summed E-state index contributed by atoms with van der Waals surface area (Å²) in [6.45, 7) is 5.99. The SMILES string of the molecule is C=CCOc1ccc(C(=O)N2CCN(C(=O)c3ccccc3)CC2)cc1OC. The molecule has 3 rings (SSSR count). The van der Waals surface area contributed by atoms with Gasteiger partial charge in [0.25, 0.3) is 11.8 Å². The maximum Gasteiger partial charge on any atom is 0.254 e.